The second-order valence-electron chi connectivity index (χ2n) is 5.38. The zero-order valence-electron chi connectivity index (χ0n) is 12.0. The van der Waals surface area contributed by atoms with Crippen molar-refractivity contribution in [1.29, 1.82) is 0 Å². The van der Waals surface area contributed by atoms with Crippen LogP contribution >= 0.6 is 22.7 Å². The lowest BCUT2D eigenvalue weighted by Crippen LogP contribution is -2.31. The number of amides is 2. The summed E-state index contributed by atoms with van der Waals surface area (Å²) in [7, 11) is 1.77. The minimum Gasteiger partial charge on any atom is -0.330 e. The van der Waals surface area contributed by atoms with Gasteiger partial charge in [-0.1, -0.05) is 11.3 Å². The Kier molecular flexibility index (Phi) is 3.34. The smallest absolute Gasteiger partial charge is 0.323 e. The largest absolute Gasteiger partial charge is 0.330 e. The van der Waals surface area contributed by atoms with Crippen LogP contribution in [0.25, 0.3) is 9.53 Å². The molecule has 1 fully saturated rings. The summed E-state index contributed by atoms with van der Waals surface area (Å²) in [5, 5.41) is 5.50. The van der Waals surface area contributed by atoms with Gasteiger partial charge < -0.3 is 9.47 Å². The van der Waals surface area contributed by atoms with E-state index in [-0.39, 0.29) is 6.03 Å². The fourth-order valence-corrected chi connectivity index (χ4v) is 4.17. The normalized spacial score (nSPS) is 14.4. The Balaban J connectivity index is 1.43. The Bertz CT molecular complexity index is 788. The van der Waals surface area contributed by atoms with Crippen LogP contribution in [0.15, 0.2) is 23.8 Å². The van der Waals surface area contributed by atoms with Gasteiger partial charge in [0.15, 0.2) is 5.13 Å². The van der Waals surface area contributed by atoms with Crippen LogP contribution in [0.4, 0.5) is 9.93 Å². The molecule has 2 amide bonds. The molecule has 0 aromatic carbocycles. The summed E-state index contributed by atoms with van der Waals surface area (Å²) in [6, 6.07) is 2.37. The van der Waals surface area contributed by atoms with Crippen molar-refractivity contribution in [2.75, 3.05) is 12.4 Å². The summed E-state index contributed by atoms with van der Waals surface area (Å²) >= 11 is 3.14. The topological polar surface area (TPSA) is 63.1 Å². The lowest BCUT2D eigenvalue weighted by Gasteiger charge is -2.17. The Labute approximate surface area is 135 Å². The molecule has 0 aliphatic heterocycles. The van der Waals surface area contributed by atoms with Gasteiger partial charge in [-0.15, -0.1) is 11.3 Å². The minimum atomic E-state index is -0.160. The van der Waals surface area contributed by atoms with Gasteiger partial charge in [0.25, 0.3) is 0 Å². The van der Waals surface area contributed by atoms with Crippen molar-refractivity contribution in [1.82, 2.24) is 19.4 Å². The van der Waals surface area contributed by atoms with Gasteiger partial charge in [-0.3, -0.25) is 5.32 Å². The van der Waals surface area contributed by atoms with Crippen molar-refractivity contribution in [2.45, 2.75) is 25.4 Å². The number of thiazole rings is 1. The predicted octanol–water partition coefficient (Wildman–Crippen LogP) is 3.55. The lowest BCUT2D eigenvalue weighted by atomic mass is 10.5. The van der Waals surface area contributed by atoms with Gasteiger partial charge in [0.05, 0.1) is 12.1 Å². The van der Waals surface area contributed by atoms with Crippen molar-refractivity contribution in [3.8, 4) is 0 Å². The average Bonchev–Trinajstić information content (AvgIpc) is 2.90. The molecule has 0 atom stereocenters. The highest BCUT2D eigenvalue weighted by Gasteiger charge is 2.26. The number of hydrogen-bond acceptors (Lipinski definition) is 5. The summed E-state index contributed by atoms with van der Waals surface area (Å²) in [6.07, 6.45) is 6.20. The van der Waals surface area contributed by atoms with Crippen molar-refractivity contribution in [2.24, 2.45) is 0 Å². The molecule has 3 heterocycles. The minimum absolute atomic E-state index is 0.160. The van der Waals surface area contributed by atoms with Crippen molar-refractivity contribution < 1.29 is 4.79 Å². The highest BCUT2D eigenvalue weighted by molar-refractivity contribution is 7.39. The van der Waals surface area contributed by atoms with E-state index in [0.717, 1.165) is 15.4 Å². The summed E-state index contributed by atoms with van der Waals surface area (Å²) in [4.78, 5) is 22.7. The van der Waals surface area contributed by atoms with Crippen LogP contribution in [-0.2, 0) is 6.54 Å². The number of rotatable bonds is 4. The molecule has 3 aromatic rings. The Hall–Kier alpha value is -1.93. The molecule has 1 N–H and O–H groups in total. The third-order valence-corrected chi connectivity index (χ3v) is 5.67. The Morgan fingerprint density at radius 2 is 2.41 bits per heavy atom. The van der Waals surface area contributed by atoms with Crippen LogP contribution in [0.3, 0.4) is 0 Å². The SMILES string of the molecule is CN(Cc1nccn1C1CC1)C(=O)Nc1nc2ccsc2s1. The molecule has 0 bridgehead atoms. The molecular formula is C14H15N5OS2. The Morgan fingerprint density at radius 3 is 3.18 bits per heavy atom. The maximum absolute atomic E-state index is 12.3. The molecule has 4 rings (SSSR count). The maximum atomic E-state index is 12.3. The van der Waals surface area contributed by atoms with Crippen LogP contribution in [0.2, 0.25) is 0 Å². The first-order valence-corrected chi connectivity index (χ1v) is 8.78. The average molecular weight is 333 g/mol. The van der Waals surface area contributed by atoms with E-state index in [1.807, 2.05) is 17.6 Å². The van der Waals surface area contributed by atoms with Gasteiger partial charge in [-0.2, -0.15) is 0 Å². The summed E-state index contributed by atoms with van der Waals surface area (Å²) < 4.78 is 3.30. The molecule has 1 aliphatic carbocycles. The summed E-state index contributed by atoms with van der Waals surface area (Å²) in [6.45, 7) is 0.495. The molecule has 6 nitrogen and oxygen atoms in total. The first kappa shape index (κ1) is 13.7. The van der Waals surface area contributed by atoms with Gasteiger partial charge >= 0.3 is 6.03 Å². The quantitative estimate of drug-likeness (QED) is 0.794. The maximum Gasteiger partial charge on any atom is 0.323 e. The molecule has 114 valence electrons. The first-order chi connectivity index (χ1) is 10.7. The predicted molar refractivity (Wildman–Crippen MR) is 88.5 cm³/mol. The summed E-state index contributed by atoms with van der Waals surface area (Å²) in [5.74, 6) is 0.931. The zero-order chi connectivity index (χ0) is 15.1. The van der Waals surface area contributed by atoms with E-state index in [9.17, 15) is 4.79 Å². The zero-order valence-corrected chi connectivity index (χ0v) is 13.7. The van der Waals surface area contributed by atoms with Gasteiger partial charge in [0.1, 0.15) is 9.84 Å². The number of thiophene rings is 1. The van der Waals surface area contributed by atoms with Crippen LogP contribution in [0, 0.1) is 0 Å². The highest BCUT2D eigenvalue weighted by Crippen LogP contribution is 2.35. The Morgan fingerprint density at radius 1 is 1.55 bits per heavy atom. The van der Waals surface area contributed by atoms with E-state index in [0.29, 0.717) is 17.7 Å². The van der Waals surface area contributed by atoms with Crippen LogP contribution in [0.1, 0.15) is 24.7 Å². The number of nitrogens with zero attached hydrogens (tertiary/aromatic N) is 4. The third-order valence-electron chi connectivity index (χ3n) is 3.65. The number of aromatic nitrogens is 3. The van der Waals surface area contributed by atoms with Gasteiger partial charge in [-0.25, -0.2) is 14.8 Å². The van der Waals surface area contributed by atoms with E-state index in [1.54, 1.807) is 29.5 Å². The van der Waals surface area contributed by atoms with Crippen molar-refractivity contribution in [3.05, 3.63) is 29.7 Å². The highest BCUT2D eigenvalue weighted by atomic mass is 32.2. The third kappa shape index (κ3) is 2.59. The molecule has 0 unspecified atom stereocenters. The molecule has 3 aromatic heterocycles. The van der Waals surface area contributed by atoms with E-state index < -0.39 is 0 Å². The van der Waals surface area contributed by atoms with E-state index in [2.05, 4.69) is 19.9 Å². The molecule has 8 heteroatoms. The number of imidazole rings is 1. The molecular weight excluding hydrogens is 318 g/mol. The van der Waals surface area contributed by atoms with Crippen molar-refractivity contribution >= 4 is 43.4 Å². The number of hydrogen-bond donors (Lipinski definition) is 1. The fourth-order valence-electron chi connectivity index (χ4n) is 2.34. The van der Waals surface area contributed by atoms with E-state index in [1.165, 1.54) is 24.2 Å². The van der Waals surface area contributed by atoms with Crippen LogP contribution in [0.5, 0.6) is 0 Å². The number of carbonyl (C=O) groups excluding carboxylic acids is 1. The monoisotopic (exact) mass is 333 g/mol. The molecule has 1 saturated carbocycles. The fraction of sp³-hybridized carbons (Fsp3) is 0.357. The lowest BCUT2D eigenvalue weighted by molar-refractivity contribution is 0.219. The van der Waals surface area contributed by atoms with E-state index >= 15 is 0 Å². The standard InChI is InChI=1S/C14H15N5OS2/c1-18(8-11-15-5-6-19(11)9-2-3-9)14(20)17-13-16-10-4-7-21-12(10)22-13/h4-7,9H,2-3,8H2,1H3,(H,16,17,20). The van der Waals surface area contributed by atoms with Gasteiger partial charge in [0, 0.05) is 25.5 Å². The van der Waals surface area contributed by atoms with Crippen LogP contribution in [-0.4, -0.2) is 32.5 Å². The van der Waals surface area contributed by atoms with E-state index in [4.69, 9.17) is 0 Å². The first-order valence-electron chi connectivity index (χ1n) is 7.08. The molecule has 0 spiro atoms. The number of carbonyl (C=O) groups is 1. The number of fused-ring (bicyclic) bond motifs is 1. The second-order valence-corrected chi connectivity index (χ2v) is 7.55. The van der Waals surface area contributed by atoms with Crippen LogP contribution < -0.4 is 5.32 Å². The number of nitrogens with one attached hydrogen (secondary N) is 1. The summed E-state index contributed by atoms with van der Waals surface area (Å²) in [5.41, 5.74) is 0.942. The molecule has 1 aliphatic rings. The molecule has 0 radical (unpaired) electrons. The molecule has 0 saturated heterocycles. The number of anilines is 1. The van der Waals surface area contributed by atoms with Crippen molar-refractivity contribution in [3.63, 3.8) is 0 Å². The second kappa shape index (κ2) is 5.36. The van der Waals surface area contributed by atoms with Gasteiger partial charge in [0.2, 0.25) is 0 Å². The number of urea groups is 1. The molecule has 22 heavy (non-hydrogen) atoms. The van der Waals surface area contributed by atoms with Gasteiger partial charge in [-0.05, 0) is 24.3 Å².